The van der Waals surface area contributed by atoms with E-state index in [0.29, 0.717) is 12.8 Å². The van der Waals surface area contributed by atoms with Gasteiger partial charge in [-0.15, -0.1) is 0 Å². The van der Waals surface area contributed by atoms with E-state index < -0.39 is 17.9 Å². The zero-order chi connectivity index (χ0) is 19.2. The van der Waals surface area contributed by atoms with Crippen molar-refractivity contribution in [2.45, 2.75) is 49.0 Å². The smallest absolute Gasteiger partial charge is 0.335 e. The highest BCUT2D eigenvalue weighted by Crippen LogP contribution is 2.54. The van der Waals surface area contributed by atoms with Gasteiger partial charge in [-0.05, 0) is 44.1 Å². The molecule has 1 aliphatic carbocycles. The van der Waals surface area contributed by atoms with E-state index in [4.69, 9.17) is 18.9 Å². The lowest BCUT2D eigenvalue weighted by Gasteiger charge is -2.48. The van der Waals surface area contributed by atoms with Crippen molar-refractivity contribution in [3.8, 4) is 11.5 Å². The topological polar surface area (TPSA) is 77.5 Å². The molecule has 3 fully saturated rings. The Balaban J connectivity index is 1.65. The molecule has 0 amide bonds. The minimum absolute atomic E-state index is 0.0203. The molecule has 0 radical (unpaired) electrons. The van der Waals surface area contributed by atoms with Crippen molar-refractivity contribution in [2.75, 3.05) is 34.4 Å². The van der Waals surface area contributed by atoms with Gasteiger partial charge >= 0.3 is 5.97 Å². The van der Waals surface area contributed by atoms with Gasteiger partial charge in [0.2, 0.25) is 0 Å². The molecule has 2 saturated heterocycles. The van der Waals surface area contributed by atoms with E-state index in [1.54, 1.807) is 14.2 Å². The summed E-state index contributed by atoms with van der Waals surface area (Å²) in [4.78, 5) is 13.6. The van der Waals surface area contributed by atoms with Crippen molar-refractivity contribution in [2.24, 2.45) is 0 Å². The highest BCUT2D eigenvalue weighted by Gasteiger charge is 2.58. The summed E-state index contributed by atoms with van der Waals surface area (Å²) in [6, 6.07) is 6.39. The maximum absolute atomic E-state index is 11.3. The number of benzene rings is 1. The van der Waals surface area contributed by atoms with Crippen LogP contribution in [0, 0.1) is 0 Å². The summed E-state index contributed by atoms with van der Waals surface area (Å²) in [5, 5.41) is 9.26. The van der Waals surface area contributed by atoms with Crippen LogP contribution in [-0.4, -0.2) is 68.3 Å². The second-order valence-electron chi connectivity index (χ2n) is 7.84. The largest absolute Gasteiger partial charge is 0.493 e. The molecule has 0 aromatic heterocycles. The van der Waals surface area contributed by atoms with Crippen molar-refractivity contribution in [3.05, 3.63) is 23.8 Å². The molecule has 4 atom stereocenters. The third-order valence-corrected chi connectivity index (χ3v) is 6.63. The summed E-state index contributed by atoms with van der Waals surface area (Å²) in [7, 11) is 5.41. The molecular formula is C20H27NO6. The number of likely N-dealkylation sites (tertiary alicyclic amines) is 1. The van der Waals surface area contributed by atoms with Crippen LogP contribution in [0.5, 0.6) is 11.5 Å². The number of likely N-dealkylation sites (N-methyl/N-ethyl adjacent to an activating group) is 1. The second kappa shape index (κ2) is 6.65. The number of hydrogen-bond acceptors (Lipinski definition) is 6. The third kappa shape index (κ3) is 2.88. The average molecular weight is 377 g/mol. The first-order valence-electron chi connectivity index (χ1n) is 9.40. The molecular weight excluding hydrogens is 350 g/mol. The van der Waals surface area contributed by atoms with Gasteiger partial charge in [0.1, 0.15) is 0 Å². The number of fused-ring (bicyclic) bond motifs is 1. The summed E-state index contributed by atoms with van der Waals surface area (Å²) in [6.45, 7) is 1.10. The number of methoxy groups -OCH3 is 2. The molecule has 0 bridgehead atoms. The fourth-order valence-electron chi connectivity index (χ4n) is 5.11. The Morgan fingerprint density at radius 3 is 2.67 bits per heavy atom. The highest BCUT2D eigenvalue weighted by molar-refractivity contribution is 5.72. The zero-order valence-electron chi connectivity index (χ0n) is 16.1. The van der Waals surface area contributed by atoms with Crippen LogP contribution in [-0.2, 0) is 19.7 Å². The van der Waals surface area contributed by atoms with Crippen LogP contribution in [0.4, 0.5) is 0 Å². The average Bonchev–Trinajstić information content (AvgIpc) is 3.24. The summed E-state index contributed by atoms with van der Waals surface area (Å²) in [5.41, 5.74) is 1.21. The highest BCUT2D eigenvalue weighted by atomic mass is 16.8. The van der Waals surface area contributed by atoms with Crippen LogP contribution in [0.3, 0.4) is 0 Å². The summed E-state index contributed by atoms with van der Waals surface area (Å²) in [6.07, 6.45) is 2.41. The number of carboxylic acids is 1. The Labute approximate surface area is 159 Å². The molecule has 4 unspecified atom stereocenters. The Kier molecular flexibility index (Phi) is 4.56. The molecule has 148 valence electrons. The molecule has 1 N–H and O–H groups in total. The van der Waals surface area contributed by atoms with E-state index in [0.717, 1.165) is 30.9 Å². The molecule has 1 saturated carbocycles. The van der Waals surface area contributed by atoms with Crippen molar-refractivity contribution in [3.63, 3.8) is 0 Å². The van der Waals surface area contributed by atoms with Gasteiger partial charge in [0.15, 0.2) is 23.4 Å². The normalized spacial score (nSPS) is 36.0. The second-order valence-corrected chi connectivity index (χ2v) is 7.84. The number of nitrogens with zero attached hydrogens (tertiary/aromatic N) is 1. The van der Waals surface area contributed by atoms with Gasteiger partial charge in [-0.3, -0.25) is 0 Å². The van der Waals surface area contributed by atoms with Gasteiger partial charge in [0, 0.05) is 24.3 Å². The summed E-state index contributed by atoms with van der Waals surface area (Å²) >= 11 is 0. The minimum atomic E-state index is -0.955. The number of carbonyl (C=O) groups is 1. The van der Waals surface area contributed by atoms with Crippen LogP contribution in [0.15, 0.2) is 18.2 Å². The van der Waals surface area contributed by atoms with Gasteiger partial charge in [-0.25, -0.2) is 4.79 Å². The quantitative estimate of drug-likeness (QED) is 0.860. The number of aliphatic carboxylic acids is 1. The Morgan fingerprint density at radius 1 is 1.22 bits per heavy atom. The summed E-state index contributed by atoms with van der Waals surface area (Å²) in [5.74, 6) is -0.285. The molecule has 1 aromatic rings. The number of carboxylic acid groups (broad SMARTS) is 1. The third-order valence-electron chi connectivity index (χ3n) is 6.63. The van der Waals surface area contributed by atoms with Gasteiger partial charge in [-0.2, -0.15) is 0 Å². The Hall–Kier alpha value is -1.83. The molecule has 7 heteroatoms. The lowest BCUT2D eigenvalue weighted by atomic mass is 9.64. The number of ether oxygens (including phenoxy) is 4. The molecule has 4 rings (SSSR count). The van der Waals surface area contributed by atoms with Crippen molar-refractivity contribution in [1.82, 2.24) is 4.90 Å². The Bertz CT molecular complexity index is 739. The van der Waals surface area contributed by atoms with E-state index in [-0.39, 0.29) is 18.1 Å². The first kappa shape index (κ1) is 18.5. The van der Waals surface area contributed by atoms with E-state index in [1.807, 2.05) is 6.07 Å². The standard InChI is InChI=1S/C20H27NO6/c1-21-9-8-19(13-4-5-14(24-2)15(10-13)25-3)6-7-20(11-17(19)21)26-12-16(27-20)18(22)23/h4-5,10,16-17H,6-9,11-12H2,1-3H3,(H,22,23). The zero-order valence-corrected chi connectivity index (χ0v) is 16.1. The van der Waals surface area contributed by atoms with E-state index in [1.165, 1.54) is 5.56 Å². The fraction of sp³-hybridized carbons (Fsp3) is 0.650. The molecule has 7 nitrogen and oxygen atoms in total. The number of hydrogen-bond donors (Lipinski definition) is 1. The fourth-order valence-corrected chi connectivity index (χ4v) is 5.11. The number of rotatable bonds is 4. The maximum atomic E-state index is 11.3. The molecule has 2 aliphatic heterocycles. The van der Waals surface area contributed by atoms with E-state index in [9.17, 15) is 9.90 Å². The van der Waals surface area contributed by atoms with Crippen LogP contribution in [0.25, 0.3) is 0 Å². The van der Waals surface area contributed by atoms with Crippen LogP contribution >= 0.6 is 0 Å². The van der Waals surface area contributed by atoms with Crippen LogP contribution in [0.1, 0.15) is 31.2 Å². The first-order valence-corrected chi connectivity index (χ1v) is 9.40. The SMILES string of the molecule is COc1ccc(C23CCN(C)C2CC2(CC3)OCC(C(=O)O)O2)cc1OC. The molecule has 3 aliphatic rings. The van der Waals surface area contributed by atoms with E-state index >= 15 is 0 Å². The van der Waals surface area contributed by atoms with Crippen molar-refractivity contribution in [1.29, 1.82) is 0 Å². The minimum Gasteiger partial charge on any atom is -0.493 e. The predicted molar refractivity (Wildman–Crippen MR) is 97.3 cm³/mol. The van der Waals surface area contributed by atoms with Crippen LogP contribution < -0.4 is 9.47 Å². The van der Waals surface area contributed by atoms with Gasteiger partial charge in [0.05, 0.1) is 20.8 Å². The Morgan fingerprint density at radius 2 is 2.00 bits per heavy atom. The van der Waals surface area contributed by atoms with Gasteiger partial charge < -0.3 is 29.0 Å². The predicted octanol–water partition coefficient (Wildman–Crippen LogP) is 2.03. The molecule has 27 heavy (non-hydrogen) atoms. The van der Waals surface area contributed by atoms with Crippen LogP contribution in [0.2, 0.25) is 0 Å². The monoisotopic (exact) mass is 377 g/mol. The lowest BCUT2D eigenvalue weighted by Crippen LogP contribution is -2.53. The molecule has 2 heterocycles. The first-order chi connectivity index (χ1) is 12.9. The van der Waals surface area contributed by atoms with Gasteiger partial charge in [0.25, 0.3) is 0 Å². The lowest BCUT2D eigenvalue weighted by molar-refractivity contribution is -0.207. The summed E-state index contributed by atoms with van der Waals surface area (Å²) < 4.78 is 22.7. The van der Waals surface area contributed by atoms with Crippen molar-refractivity contribution < 1.29 is 28.8 Å². The van der Waals surface area contributed by atoms with Crippen molar-refractivity contribution >= 4 is 5.97 Å². The van der Waals surface area contributed by atoms with Gasteiger partial charge in [-0.1, -0.05) is 6.07 Å². The molecule has 1 aromatic carbocycles. The van der Waals surface area contributed by atoms with E-state index in [2.05, 4.69) is 24.1 Å². The molecule has 1 spiro atoms. The maximum Gasteiger partial charge on any atom is 0.335 e.